The van der Waals surface area contributed by atoms with Crippen molar-refractivity contribution in [1.82, 2.24) is 20.2 Å². The van der Waals surface area contributed by atoms with Gasteiger partial charge in [-0.25, -0.2) is 9.97 Å². The second kappa shape index (κ2) is 8.75. The number of anilines is 2. The molecule has 0 atom stereocenters. The fourth-order valence-electron chi connectivity index (χ4n) is 3.14. The largest absolute Gasteiger partial charge is 0.365 e. The fraction of sp³-hybridized carbons (Fsp3) is 0.368. The maximum Gasteiger partial charge on any atom is 0.269 e. The number of hydrogen-bond acceptors (Lipinski definition) is 6. The third-order valence-corrected chi connectivity index (χ3v) is 4.54. The van der Waals surface area contributed by atoms with E-state index in [0.29, 0.717) is 24.6 Å². The van der Waals surface area contributed by atoms with Gasteiger partial charge in [0.25, 0.3) is 5.91 Å². The first-order valence-corrected chi connectivity index (χ1v) is 9.04. The van der Waals surface area contributed by atoms with Gasteiger partial charge in [-0.1, -0.05) is 0 Å². The van der Waals surface area contributed by atoms with E-state index in [1.165, 1.54) is 20.0 Å². The van der Waals surface area contributed by atoms with Crippen LogP contribution in [0.2, 0.25) is 0 Å². The first-order chi connectivity index (χ1) is 13.5. The normalized spacial score (nSPS) is 14.6. The summed E-state index contributed by atoms with van der Waals surface area (Å²) in [6.45, 7) is 4.99. The molecule has 2 N–H and O–H groups in total. The molecule has 0 radical (unpaired) electrons. The van der Waals surface area contributed by atoms with Gasteiger partial charge in [0.05, 0.1) is 5.69 Å². The Hall–Kier alpha value is -3.07. The summed E-state index contributed by atoms with van der Waals surface area (Å²) in [5.41, 5.74) is 1.52. The monoisotopic (exact) mass is 386 g/mol. The third-order valence-electron chi connectivity index (χ3n) is 4.54. The zero-order valence-electron chi connectivity index (χ0n) is 15.9. The summed E-state index contributed by atoms with van der Waals surface area (Å²) in [6.07, 6.45) is 1.67. The third kappa shape index (κ3) is 4.80. The molecule has 1 aliphatic heterocycles. The molecular weight excluding hydrogens is 363 g/mol. The molecule has 1 aliphatic rings. The maximum absolute atomic E-state index is 14.3. The van der Waals surface area contributed by atoms with E-state index < -0.39 is 11.9 Å². The van der Waals surface area contributed by atoms with E-state index in [1.54, 1.807) is 12.3 Å². The minimum Gasteiger partial charge on any atom is -0.365 e. The van der Waals surface area contributed by atoms with Gasteiger partial charge in [-0.2, -0.15) is 4.39 Å². The van der Waals surface area contributed by atoms with Crippen LogP contribution in [0, 0.1) is 5.95 Å². The van der Waals surface area contributed by atoms with E-state index in [-0.39, 0.29) is 11.6 Å². The molecule has 0 aliphatic carbocycles. The highest BCUT2D eigenvalue weighted by Crippen LogP contribution is 2.21. The van der Waals surface area contributed by atoms with Crippen LogP contribution >= 0.6 is 0 Å². The minimum atomic E-state index is -0.636. The molecule has 1 saturated heterocycles. The fourth-order valence-corrected chi connectivity index (χ4v) is 3.14. The Morgan fingerprint density at radius 2 is 1.93 bits per heavy atom. The zero-order valence-corrected chi connectivity index (χ0v) is 15.9. The molecular formula is C19H23FN6O2. The summed E-state index contributed by atoms with van der Waals surface area (Å²) in [4.78, 5) is 34.8. The number of hydrogen-bond donors (Lipinski definition) is 2. The number of aromatic nitrogens is 2. The molecule has 1 fully saturated rings. The zero-order chi connectivity index (χ0) is 20.1. The molecule has 0 saturated carbocycles. The van der Waals surface area contributed by atoms with Gasteiger partial charge in [-0.3, -0.25) is 14.5 Å². The summed E-state index contributed by atoms with van der Waals surface area (Å²) in [5.74, 6) is -0.667. The molecule has 2 amide bonds. The van der Waals surface area contributed by atoms with Crippen LogP contribution in [0.3, 0.4) is 0 Å². The quantitative estimate of drug-likeness (QED) is 0.752. The van der Waals surface area contributed by atoms with Crippen molar-refractivity contribution in [3.05, 3.63) is 47.7 Å². The summed E-state index contributed by atoms with van der Waals surface area (Å²) >= 11 is 0. The molecule has 0 spiro atoms. The van der Waals surface area contributed by atoms with Gasteiger partial charge in [0.15, 0.2) is 0 Å². The number of rotatable bonds is 5. The van der Waals surface area contributed by atoms with Crippen LogP contribution in [0.15, 0.2) is 30.5 Å². The van der Waals surface area contributed by atoms with E-state index in [0.717, 1.165) is 25.2 Å². The molecule has 2 aromatic rings. The number of nitrogens with one attached hydrogen (secondary N) is 2. The lowest BCUT2D eigenvalue weighted by Gasteiger charge is -2.36. The number of halogens is 1. The van der Waals surface area contributed by atoms with Crippen molar-refractivity contribution in [3.63, 3.8) is 0 Å². The second-order valence-corrected chi connectivity index (χ2v) is 6.58. The number of carbonyl (C=O) groups is 2. The number of carbonyl (C=O) groups excluding carboxylic acids is 2. The lowest BCUT2D eigenvalue weighted by molar-refractivity contribution is -0.114. The molecule has 2 aromatic heterocycles. The van der Waals surface area contributed by atoms with Crippen molar-refractivity contribution in [3.8, 4) is 0 Å². The summed E-state index contributed by atoms with van der Waals surface area (Å²) in [5, 5.41) is 5.11. The van der Waals surface area contributed by atoms with Crippen LogP contribution < -0.4 is 15.5 Å². The van der Waals surface area contributed by atoms with Crippen molar-refractivity contribution in [2.45, 2.75) is 13.5 Å². The Balaban J connectivity index is 1.59. The highest BCUT2D eigenvalue weighted by Gasteiger charge is 2.21. The summed E-state index contributed by atoms with van der Waals surface area (Å²) in [7, 11) is 1.48. The maximum atomic E-state index is 14.3. The van der Waals surface area contributed by atoms with Gasteiger partial charge in [-0.05, 0) is 29.8 Å². The van der Waals surface area contributed by atoms with Gasteiger partial charge >= 0.3 is 0 Å². The van der Waals surface area contributed by atoms with Gasteiger partial charge in [0.1, 0.15) is 11.5 Å². The predicted octanol–water partition coefficient (Wildman–Crippen LogP) is 1.26. The van der Waals surface area contributed by atoms with Crippen molar-refractivity contribution in [2.24, 2.45) is 0 Å². The Morgan fingerprint density at radius 1 is 1.18 bits per heavy atom. The minimum absolute atomic E-state index is 0.0649. The smallest absolute Gasteiger partial charge is 0.269 e. The lowest BCUT2D eigenvalue weighted by atomic mass is 10.2. The number of nitrogens with zero attached hydrogens (tertiary/aromatic N) is 4. The molecule has 8 nitrogen and oxygen atoms in total. The van der Waals surface area contributed by atoms with Gasteiger partial charge in [0.2, 0.25) is 11.9 Å². The lowest BCUT2D eigenvalue weighted by Crippen LogP contribution is -2.46. The Morgan fingerprint density at radius 3 is 2.57 bits per heavy atom. The van der Waals surface area contributed by atoms with E-state index >= 15 is 0 Å². The van der Waals surface area contributed by atoms with Crippen LogP contribution in [0.4, 0.5) is 15.9 Å². The first kappa shape index (κ1) is 19.7. The van der Waals surface area contributed by atoms with Gasteiger partial charge in [0, 0.05) is 52.9 Å². The first-order valence-electron chi connectivity index (χ1n) is 9.04. The predicted molar refractivity (Wildman–Crippen MR) is 104 cm³/mol. The summed E-state index contributed by atoms with van der Waals surface area (Å²) < 4.78 is 14.3. The van der Waals surface area contributed by atoms with Gasteiger partial charge in [-0.15, -0.1) is 0 Å². The van der Waals surface area contributed by atoms with Crippen LogP contribution in [0.5, 0.6) is 0 Å². The van der Waals surface area contributed by atoms with Crippen LogP contribution in [0.1, 0.15) is 23.0 Å². The molecule has 0 aromatic carbocycles. The average Bonchev–Trinajstić information content (AvgIpc) is 2.68. The van der Waals surface area contributed by atoms with E-state index in [9.17, 15) is 14.0 Å². The topological polar surface area (TPSA) is 90.5 Å². The molecule has 148 valence electrons. The van der Waals surface area contributed by atoms with Crippen LogP contribution in [-0.4, -0.2) is 59.9 Å². The van der Waals surface area contributed by atoms with Crippen LogP contribution in [0.25, 0.3) is 0 Å². The Bertz CT molecular complexity index is 867. The standard InChI is InChI=1S/C19H23FN6O2/c1-13(27)23-17-11-14(5-6-22-17)12-25-7-9-26(10-8-25)16-4-3-15(19(28)21-2)24-18(16)20/h3-6,11H,7-10,12H2,1-2H3,(H,21,28)(H,22,23,27). The van der Waals surface area contributed by atoms with E-state index in [4.69, 9.17) is 0 Å². The molecule has 0 unspecified atom stereocenters. The second-order valence-electron chi connectivity index (χ2n) is 6.58. The number of piperazine rings is 1. The van der Waals surface area contributed by atoms with Gasteiger partial charge < -0.3 is 15.5 Å². The number of pyridine rings is 2. The highest BCUT2D eigenvalue weighted by atomic mass is 19.1. The van der Waals surface area contributed by atoms with Crippen molar-refractivity contribution in [1.29, 1.82) is 0 Å². The molecule has 3 rings (SSSR count). The Labute approximate surface area is 162 Å². The van der Waals surface area contributed by atoms with Crippen molar-refractivity contribution < 1.29 is 14.0 Å². The molecule has 9 heteroatoms. The van der Waals surface area contributed by atoms with Crippen molar-refractivity contribution in [2.75, 3.05) is 43.4 Å². The van der Waals surface area contributed by atoms with E-state index in [1.807, 2.05) is 17.0 Å². The highest BCUT2D eigenvalue weighted by molar-refractivity contribution is 5.92. The average molecular weight is 386 g/mol. The number of amides is 2. The van der Waals surface area contributed by atoms with Crippen LogP contribution in [-0.2, 0) is 11.3 Å². The van der Waals surface area contributed by atoms with Crippen molar-refractivity contribution >= 4 is 23.3 Å². The SMILES string of the molecule is CNC(=O)c1ccc(N2CCN(Cc3ccnc(NC(C)=O)c3)CC2)c(F)n1. The molecule has 3 heterocycles. The summed E-state index contributed by atoms with van der Waals surface area (Å²) in [6, 6.07) is 6.91. The molecule has 0 bridgehead atoms. The van der Waals surface area contributed by atoms with E-state index in [2.05, 4.69) is 25.5 Å². The Kier molecular flexibility index (Phi) is 6.15. The molecule has 28 heavy (non-hydrogen) atoms.